The molecule has 0 rings (SSSR count). The van der Waals surface area contributed by atoms with E-state index in [0.717, 1.165) is 6.61 Å². The molecule has 0 aromatic heterocycles. The second-order valence-electron chi connectivity index (χ2n) is 7.82. The summed E-state index contributed by atoms with van der Waals surface area (Å²) in [6, 6.07) is 1.47. The SMILES string of the molecule is C=CC=COCCC[SiH2]C[Si](C)(C)C[SiH2]C[Si](C)(C)C. The van der Waals surface area contributed by atoms with Gasteiger partial charge in [-0.2, -0.15) is 0 Å². The smallest absolute Gasteiger partial charge is 0.0870 e. The minimum absolute atomic E-state index is 0.177. The normalized spacial score (nSPS) is 14.1. The highest BCUT2D eigenvalue weighted by Crippen LogP contribution is 2.17. The first kappa shape index (κ1) is 20.1. The second kappa shape index (κ2) is 10.8. The first-order chi connectivity index (χ1) is 9.27. The molecule has 0 heterocycles. The van der Waals surface area contributed by atoms with Crippen molar-refractivity contribution in [3.05, 3.63) is 25.0 Å². The molecule has 0 bridgehead atoms. The fourth-order valence-corrected chi connectivity index (χ4v) is 21.4. The molecule has 0 atom stereocenters. The van der Waals surface area contributed by atoms with E-state index < -0.39 is 16.1 Å². The lowest BCUT2D eigenvalue weighted by atomic mass is 10.5. The van der Waals surface area contributed by atoms with E-state index in [1.54, 1.807) is 29.3 Å². The summed E-state index contributed by atoms with van der Waals surface area (Å²) < 4.78 is 5.40. The number of ether oxygens (including phenoxy) is 1. The highest BCUT2D eigenvalue weighted by molar-refractivity contribution is 6.92. The van der Waals surface area contributed by atoms with Crippen molar-refractivity contribution in [3.8, 4) is 0 Å². The Morgan fingerprint density at radius 1 is 1.00 bits per heavy atom. The lowest BCUT2D eigenvalue weighted by Gasteiger charge is -2.24. The number of rotatable bonds is 12. The van der Waals surface area contributed by atoms with Crippen LogP contribution in [0.25, 0.3) is 0 Å². The van der Waals surface area contributed by atoms with Crippen LogP contribution in [0.5, 0.6) is 0 Å². The zero-order valence-corrected chi connectivity index (χ0v) is 19.3. The lowest BCUT2D eigenvalue weighted by molar-refractivity contribution is 0.250. The minimum atomic E-state index is -0.807. The van der Waals surface area contributed by atoms with Gasteiger partial charge < -0.3 is 4.74 Å². The molecule has 0 aromatic carbocycles. The van der Waals surface area contributed by atoms with Crippen molar-refractivity contribution in [2.45, 2.75) is 62.2 Å². The summed E-state index contributed by atoms with van der Waals surface area (Å²) in [5.74, 6) is 0. The Labute approximate surface area is 133 Å². The van der Waals surface area contributed by atoms with Crippen LogP contribution >= 0.6 is 0 Å². The van der Waals surface area contributed by atoms with Crippen LogP contribution in [0.15, 0.2) is 25.0 Å². The Bertz CT molecular complexity index is 282. The van der Waals surface area contributed by atoms with Gasteiger partial charge in [0.2, 0.25) is 0 Å². The van der Waals surface area contributed by atoms with Crippen LogP contribution in [0.4, 0.5) is 0 Å². The standard InChI is InChI=1S/C15H36OSi4/c1-7-8-10-16-11-9-12-17-14-20(5,6)15-18-13-19(2,3)4/h7-8,10H,1,9,11-15,17-18H2,2-6H3. The van der Waals surface area contributed by atoms with Crippen molar-refractivity contribution in [2.75, 3.05) is 6.61 Å². The van der Waals surface area contributed by atoms with Crippen LogP contribution in [0.3, 0.4) is 0 Å². The predicted molar refractivity (Wildman–Crippen MR) is 107 cm³/mol. The summed E-state index contributed by atoms with van der Waals surface area (Å²) in [4.78, 5) is 0. The second-order valence-corrected chi connectivity index (χ2v) is 25.4. The fraction of sp³-hybridized carbons (Fsp3) is 0.733. The molecule has 0 radical (unpaired) electrons. The molecule has 0 N–H and O–H groups in total. The van der Waals surface area contributed by atoms with Crippen LogP contribution < -0.4 is 0 Å². The van der Waals surface area contributed by atoms with Crippen molar-refractivity contribution < 1.29 is 4.74 Å². The third-order valence-electron chi connectivity index (χ3n) is 3.71. The van der Waals surface area contributed by atoms with Crippen LogP contribution in [-0.2, 0) is 4.74 Å². The number of allylic oxidation sites excluding steroid dienone is 2. The Morgan fingerprint density at radius 3 is 2.25 bits per heavy atom. The third-order valence-corrected chi connectivity index (χ3v) is 25.8. The van der Waals surface area contributed by atoms with E-state index in [9.17, 15) is 0 Å². The van der Waals surface area contributed by atoms with Crippen LogP contribution in [0.2, 0.25) is 55.8 Å². The van der Waals surface area contributed by atoms with E-state index in [2.05, 4.69) is 39.3 Å². The van der Waals surface area contributed by atoms with Gasteiger partial charge in [-0.1, -0.05) is 68.4 Å². The van der Waals surface area contributed by atoms with E-state index >= 15 is 0 Å². The Hall–Kier alpha value is 0.148. The van der Waals surface area contributed by atoms with Gasteiger partial charge in [-0.25, -0.2) is 0 Å². The number of hydrogen-bond acceptors (Lipinski definition) is 1. The zero-order valence-electron chi connectivity index (χ0n) is 14.5. The zero-order chi connectivity index (χ0) is 15.5. The average molecular weight is 345 g/mol. The first-order valence-electron chi connectivity index (χ1n) is 8.16. The van der Waals surface area contributed by atoms with Gasteiger partial charge in [0.15, 0.2) is 0 Å². The molecule has 0 spiro atoms. The maximum absolute atomic E-state index is 5.40. The van der Waals surface area contributed by atoms with Gasteiger partial charge in [-0.3, -0.25) is 0 Å². The monoisotopic (exact) mass is 344 g/mol. The molecule has 0 saturated heterocycles. The highest BCUT2D eigenvalue weighted by Gasteiger charge is 2.21. The maximum atomic E-state index is 5.40. The first-order valence-corrected chi connectivity index (χ1v) is 19.3. The van der Waals surface area contributed by atoms with Gasteiger partial charge in [-0.15, -0.1) is 0 Å². The maximum Gasteiger partial charge on any atom is 0.0870 e. The van der Waals surface area contributed by atoms with Crippen LogP contribution in [-0.4, -0.2) is 41.8 Å². The summed E-state index contributed by atoms with van der Waals surface area (Å²) in [6.07, 6.45) is 6.63. The van der Waals surface area contributed by atoms with Crippen molar-refractivity contribution >= 4 is 35.2 Å². The van der Waals surface area contributed by atoms with Gasteiger partial charge in [0.1, 0.15) is 0 Å². The van der Waals surface area contributed by atoms with Gasteiger partial charge in [-0.05, 0) is 12.5 Å². The van der Waals surface area contributed by atoms with Gasteiger partial charge >= 0.3 is 0 Å². The summed E-state index contributed by atoms with van der Waals surface area (Å²) >= 11 is 0. The van der Waals surface area contributed by atoms with E-state index in [-0.39, 0.29) is 19.0 Å². The fourth-order valence-electron chi connectivity index (χ4n) is 2.37. The molecule has 1 nitrogen and oxygen atoms in total. The van der Waals surface area contributed by atoms with Crippen molar-refractivity contribution in [1.29, 1.82) is 0 Å². The molecular formula is C15H36OSi4. The summed E-state index contributed by atoms with van der Waals surface area (Å²) in [5.41, 5.74) is 5.02. The van der Waals surface area contributed by atoms with Gasteiger partial charge in [0, 0.05) is 35.2 Å². The van der Waals surface area contributed by atoms with Gasteiger partial charge in [0.05, 0.1) is 12.9 Å². The third kappa shape index (κ3) is 14.6. The summed E-state index contributed by atoms with van der Waals surface area (Å²) in [7, 11) is -1.13. The quantitative estimate of drug-likeness (QED) is 0.227. The molecule has 0 aliphatic carbocycles. The van der Waals surface area contributed by atoms with E-state index in [0.29, 0.717) is 0 Å². The minimum Gasteiger partial charge on any atom is -0.501 e. The molecule has 0 unspecified atom stereocenters. The Kier molecular flexibility index (Phi) is 10.9. The van der Waals surface area contributed by atoms with Crippen molar-refractivity contribution in [2.24, 2.45) is 0 Å². The van der Waals surface area contributed by atoms with E-state index in [1.807, 2.05) is 6.08 Å². The van der Waals surface area contributed by atoms with Gasteiger partial charge in [0.25, 0.3) is 0 Å². The molecule has 0 fully saturated rings. The molecule has 0 amide bonds. The predicted octanol–water partition coefficient (Wildman–Crippen LogP) is 3.77. The number of hydrogen-bond donors (Lipinski definition) is 0. The Morgan fingerprint density at radius 2 is 1.65 bits per heavy atom. The summed E-state index contributed by atoms with van der Waals surface area (Å²) in [6.45, 7) is 17.4. The molecule has 118 valence electrons. The molecule has 20 heavy (non-hydrogen) atoms. The largest absolute Gasteiger partial charge is 0.501 e. The Balaban J connectivity index is 3.56. The molecule has 0 saturated carbocycles. The average Bonchev–Trinajstić information content (AvgIpc) is 2.30. The summed E-state index contributed by atoms with van der Waals surface area (Å²) in [5, 5.41) is 0. The molecule has 0 aromatic rings. The van der Waals surface area contributed by atoms with Crippen LogP contribution in [0, 0.1) is 0 Å². The van der Waals surface area contributed by atoms with E-state index in [4.69, 9.17) is 4.74 Å². The molecular weight excluding hydrogens is 309 g/mol. The van der Waals surface area contributed by atoms with Crippen molar-refractivity contribution in [1.82, 2.24) is 0 Å². The van der Waals surface area contributed by atoms with E-state index in [1.165, 1.54) is 12.5 Å². The lowest BCUT2D eigenvalue weighted by Crippen LogP contribution is -2.32. The molecule has 0 aliphatic heterocycles. The topological polar surface area (TPSA) is 9.23 Å². The highest BCUT2D eigenvalue weighted by atomic mass is 28.4. The van der Waals surface area contributed by atoms with Crippen LogP contribution in [0.1, 0.15) is 6.42 Å². The molecule has 0 aliphatic rings. The molecule has 5 heteroatoms. The van der Waals surface area contributed by atoms with Crippen molar-refractivity contribution in [3.63, 3.8) is 0 Å².